The van der Waals surface area contributed by atoms with Gasteiger partial charge in [0.05, 0.1) is 0 Å². The smallest absolute Gasteiger partial charge is 0.140 e. The van der Waals surface area contributed by atoms with Crippen LogP contribution in [-0.2, 0) is 13.1 Å². The molecule has 0 bridgehead atoms. The first kappa shape index (κ1) is 11.3. The van der Waals surface area contributed by atoms with Crippen LogP contribution in [-0.4, -0.2) is 4.98 Å². The summed E-state index contributed by atoms with van der Waals surface area (Å²) in [5.74, 6) is 0. The quantitative estimate of drug-likeness (QED) is 0.864. The van der Waals surface area contributed by atoms with Crippen LogP contribution in [0.4, 0.5) is 0 Å². The van der Waals surface area contributed by atoms with E-state index in [-0.39, 0.29) is 0 Å². The second-order valence-corrected chi connectivity index (χ2v) is 3.75. The van der Waals surface area contributed by atoms with Gasteiger partial charge in [-0.25, -0.2) is 4.98 Å². The monoisotopic (exact) mass is 223 g/mol. The van der Waals surface area contributed by atoms with Crippen molar-refractivity contribution in [1.29, 1.82) is 5.26 Å². The minimum atomic E-state index is 0.462. The molecule has 1 aromatic carbocycles. The molecular formula is C14H13N3. The topological polar surface area (TPSA) is 48.7 Å². The Labute approximate surface area is 101 Å². The Morgan fingerprint density at radius 3 is 2.59 bits per heavy atom. The predicted molar refractivity (Wildman–Crippen MR) is 65.9 cm³/mol. The second-order valence-electron chi connectivity index (χ2n) is 3.75. The van der Waals surface area contributed by atoms with Crippen LogP contribution in [0.5, 0.6) is 0 Å². The molecule has 2 aromatic rings. The first-order chi connectivity index (χ1) is 8.38. The zero-order valence-electron chi connectivity index (χ0n) is 9.43. The molecule has 0 fully saturated rings. The minimum absolute atomic E-state index is 0.462. The summed E-state index contributed by atoms with van der Waals surface area (Å²) >= 11 is 0. The molecule has 0 aliphatic rings. The molecule has 0 atom stereocenters. The summed E-state index contributed by atoms with van der Waals surface area (Å²) in [6.45, 7) is 1.57. The highest BCUT2D eigenvalue weighted by molar-refractivity contribution is 5.25. The highest BCUT2D eigenvalue weighted by Gasteiger charge is 1.96. The number of aromatic nitrogens is 1. The van der Waals surface area contributed by atoms with Gasteiger partial charge in [-0.05, 0) is 23.3 Å². The number of nitrogens with zero attached hydrogens (tertiary/aromatic N) is 2. The average molecular weight is 223 g/mol. The third-order valence-corrected chi connectivity index (χ3v) is 2.44. The summed E-state index contributed by atoms with van der Waals surface area (Å²) < 4.78 is 0. The standard InChI is InChI=1S/C14H13N3/c15-9-14-8-13(6-7-17-14)11-16-10-12-4-2-1-3-5-12/h1-8,16H,10-11H2. The fraction of sp³-hybridized carbons (Fsp3) is 0.143. The number of pyridine rings is 1. The third-order valence-electron chi connectivity index (χ3n) is 2.44. The summed E-state index contributed by atoms with van der Waals surface area (Å²) in [6.07, 6.45) is 1.66. The van der Waals surface area contributed by atoms with Crippen LogP contribution in [0, 0.1) is 11.3 Å². The molecule has 0 radical (unpaired) electrons. The molecule has 1 heterocycles. The van der Waals surface area contributed by atoms with E-state index in [0.29, 0.717) is 5.69 Å². The molecular weight excluding hydrogens is 210 g/mol. The number of benzene rings is 1. The van der Waals surface area contributed by atoms with E-state index in [9.17, 15) is 0 Å². The molecule has 84 valence electrons. The van der Waals surface area contributed by atoms with Crippen LogP contribution in [0.15, 0.2) is 48.7 Å². The highest BCUT2D eigenvalue weighted by atomic mass is 14.8. The Hall–Kier alpha value is -2.18. The second kappa shape index (κ2) is 5.78. The maximum Gasteiger partial charge on any atom is 0.140 e. The molecule has 0 unspecified atom stereocenters. The summed E-state index contributed by atoms with van der Waals surface area (Å²) in [5, 5.41) is 12.1. The van der Waals surface area contributed by atoms with E-state index < -0.39 is 0 Å². The molecule has 0 saturated carbocycles. The molecule has 0 spiro atoms. The first-order valence-corrected chi connectivity index (χ1v) is 5.48. The van der Waals surface area contributed by atoms with Gasteiger partial charge in [-0.1, -0.05) is 30.3 Å². The van der Waals surface area contributed by atoms with E-state index in [4.69, 9.17) is 5.26 Å². The lowest BCUT2D eigenvalue weighted by molar-refractivity contribution is 0.692. The Bertz CT molecular complexity index is 514. The molecule has 0 saturated heterocycles. The van der Waals surface area contributed by atoms with E-state index in [1.807, 2.05) is 30.3 Å². The zero-order valence-corrected chi connectivity index (χ0v) is 9.43. The van der Waals surface area contributed by atoms with Crippen molar-refractivity contribution < 1.29 is 0 Å². The van der Waals surface area contributed by atoms with Crippen LogP contribution in [0.1, 0.15) is 16.8 Å². The van der Waals surface area contributed by atoms with Gasteiger partial charge in [0.25, 0.3) is 0 Å². The van der Waals surface area contributed by atoms with Crippen molar-refractivity contribution in [2.24, 2.45) is 0 Å². The largest absolute Gasteiger partial charge is 0.309 e. The van der Waals surface area contributed by atoms with Gasteiger partial charge in [-0.3, -0.25) is 0 Å². The molecule has 2 rings (SSSR count). The Morgan fingerprint density at radius 1 is 1.06 bits per heavy atom. The number of rotatable bonds is 4. The Kier molecular flexibility index (Phi) is 3.85. The zero-order chi connectivity index (χ0) is 11.9. The van der Waals surface area contributed by atoms with Crippen LogP contribution in [0.2, 0.25) is 0 Å². The van der Waals surface area contributed by atoms with E-state index in [1.54, 1.807) is 12.3 Å². The van der Waals surface area contributed by atoms with Gasteiger partial charge in [0.1, 0.15) is 11.8 Å². The lowest BCUT2D eigenvalue weighted by Crippen LogP contribution is -2.12. The van der Waals surface area contributed by atoms with Crippen LogP contribution < -0.4 is 5.32 Å². The van der Waals surface area contributed by atoms with Gasteiger partial charge >= 0.3 is 0 Å². The predicted octanol–water partition coefficient (Wildman–Crippen LogP) is 2.24. The fourth-order valence-electron chi connectivity index (χ4n) is 1.59. The first-order valence-electron chi connectivity index (χ1n) is 5.48. The summed E-state index contributed by atoms with van der Waals surface area (Å²) in [7, 11) is 0. The lowest BCUT2D eigenvalue weighted by Gasteiger charge is -2.04. The maximum absolute atomic E-state index is 8.73. The SMILES string of the molecule is N#Cc1cc(CNCc2ccccc2)ccn1. The molecule has 0 aliphatic carbocycles. The van der Waals surface area contributed by atoms with Crippen molar-refractivity contribution in [3.8, 4) is 6.07 Å². The lowest BCUT2D eigenvalue weighted by atomic mass is 10.2. The maximum atomic E-state index is 8.73. The van der Waals surface area contributed by atoms with E-state index in [0.717, 1.165) is 18.7 Å². The molecule has 3 nitrogen and oxygen atoms in total. The van der Waals surface area contributed by atoms with Gasteiger partial charge in [-0.15, -0.1) is 0 Å². The van der Waals surface area contributed by atoms with Gasteiger partial charge in [0.15, 0.2) is 0 Å². The van der Waals surface area contributed by atoms with Crippen molar-refractivity contribution in [1.82, 2.24) is 10.3 Å². The van der Waals surface area contributed by atoms with Gasteiger partial charge in [-0.2, -0.15) is 5.26 Å². The van der Waals surface area contributed by atoms with E-state index in [2.05, 4.69) is 22.4 Å². The minimum Gasteiger partial charge on any atom is -0.309 e. The van der Waals surface area contributed by atoms with E-state index in [1.165, 1.54) is 5.56 Å². The van der Waals surface area contributed by atoms with Crippen LogP contribution in [0.3, 0.4) is 0 Å². The summed E-state index contributed by atoms with van der Waals surface area (Å²) in [6, 6.07) is 16.0. The summed E-state index contributed by atoms with van der Waals surface area (Å²) in [5.41, 5.74) is 2.79. The fourth-order valence-corrected chi connectivity index (χ4v) is 1.59. The van der Waals surface area contributed by atoms with Gasteiger partial charge < -0.3 is 5.32 Å². The molecule has 1 N–H and O–H groups in total. The van der Waals surface area contributed by atoms with E-state index >= 15 is 0 Å². The van der Waals surface area contributed by atoms with Crippen molar-refractivity contribution in [2.75, 3.05) is 0 Å². The molecule has 17 heavy (non-hydrogen) atoms. The van der Waals surface area contributed by atoms with Crippen molar-refractivity contribution >= 4 is 0 Å². The van der Waals surface area contributed by atoms with Crippen molar-refractivity contribution in [3.63, 3.8) is 0 Å². The molecule has 0 aliphatic heterocycles. The van der Waals surface area contributed by atoms with Gasteiger partial charge in [0, 0.05) is 19.3 Å². The molecule has 0 amide bonds. The highest BCUT2D eigenvalue weighted by Crippen LogP contribution is 2.02. The Balaban J connectivity index is 1.88. The number of hydrogen-bond donors (Lipinski definition) is 1. The molecule has 1 aromatic heterocycles. The third kappa shape index (κ3) is 3.40. The normalized spacial score (nSPS) is 9.82. The number of hydrogen-bond acceptors (Lipinski definition) is 3. The van der Waals surface area contributed by atoms with Crippen LogP contribution >= 0.6 is 0 Å². The van der Waals surface area contributed by atoms with Crippen molar-refractivity contribution in [2.45, 2.75) is 13.1 Å². The van der Waals surface area contributed by atoms with Crippen molar-refractivity contribution in [3.05, 3.63) is 65.5 Å². The Morgan fingerprint density at radius 2 is 1.82 bits per heavy atom. The van der Waals surface area contributed by atoms with Crippen LogP contribution in [0.25, 0.3) is 0 Å². The molecule has 3 heteroatoms. The van der Waals surface area contributed by atoms with Gasteiger partial charge in [0.2, 0.25) is 0 Å². The average Bonchev–Trinajstić information content (AvgIpc) is 2.40. The summed E-state index contributed by atoms with van der Waals surface area (Å²) in [4.78, 5) is 3.94. The number of nitriles is 1. The number of nitrogens with one attached hydrogen (secondary N) is 1.